The van der Waals surface area contributed by atoms with Crippen molar-refractivity contribution in [2.24, 2.45) is 0 Å². The second-order valence-electron chi connectivity index (χ2n) is 5.37. The summed E-state index contributed by atoms with van der Waals surface area (Å²) in [5.41, 5.74) is 3.61. The van der Waals surface area contributed by atoms with Gasteiger partial charge < -0.3 is 10.1 Å². The van der Waals surface area contributed by atoms with Crippen molar-refractivity contribution in [1.29, 1.82) is 0 Å². The van der Waals surface area contributed by atoms with Crippen LogP contribution in [0.15, 0.2) is 54.1 Å². The summed E-state index contributed by atoms with van der Waals surface area (Å²) >= 11 is 1.50. The second kappa shape index (κ2) is 7.90. The molecule has 1 N–H and O–H groups in total. The molecule has 3 aromatic rings. The van der Waals surface area contributed by atoms with Gasteiger partial charge in [-0.25, -0.2) is 9.37 Å². The predicted molar refractivity (Wildman–Crippen MR) is 98.7 cm³/mol. The standard InChI is InChI=1S/C19H17FN2O2S/c1-2-3-9-24-16-6-4-5-13(19(16)20)10-18(23)22-14-7-8-15-17(11-14)25-12-21-15/h2-8,11-12H,9-10H2,1H3,(H,22,23)/b3-2+. The summed E-state index contributed by atoms with van der Waals surface area (Å²) < 4.78 is 20.8. The molecule has 1 aromatic heterocycles. The van der Waals surface area contributed by atoms with Gasteiger partial charge in [-0.15, -0.1) is 11.3 Å². The molecule has 0 bridgehead atoms. The van der Waals surface area contributed by atoms with Gasteiger partial charge in [-0.2, -0.15) is 0 Å². The number of thiazole rings is 1. The predicted octanol–water partition coefficient (Wildman–Crippen LogP) is 4.57. The van der Waals surface area contributed by atoms with Gasteiger partial charge in [0.2, 0.25) is 5.91 Å². The van der Waals surface area contributed by atoms with Gasteiger partial charge in [-0.3, -0.25) is 4.79 Å². The first-order chi connectivity index (χ1) is 12.2. The molecule has 3 rings (SSSR count). The minimum Gasteiger partial charge on any atom is -0.486 e. The zero-order valence-electron chi connectivity index (χ0n) is 13.7. The fourth-order valence-corrected chi connectivity index (χ4v) is 3.07. The lowest BCUT2D eigenvalue weighted by molar-refractivity contribution is -0.115. The van der Waals surface area contributed by atoms with Gasteiger partial charge in [0.1, 0.15) is 6.61 Å². The van der Waals surface area contributed by atoms with Crippen LogP contribution in [-0.2, 0) is 11.2 Å². The van der Waals surface area contributed by atoms with Gasteiger partial charge in [0.25, 0.3) is 0 Å². The Morgan fingerprint density at radius 1 is 1.36 bits per heavy atom. The SMILES string of the molecule is C/C=C/COc1cccc(CC(=O)Nc2ccc3ncsc3c2)c1F. The zero-order chi connectivity index (χ0) is 17.6. The van der Waals surface area contributed by atoms with Gasteiger partial charge >= 0.3 is 0 Å². The molecule has 0 atom stereocenters. The molecule has 0 radical (unpaired) electrons. The topological polar surface area (TPSA) is 51.2 Å². The Bertz CT molecular complexity index is 921. The third kappa shape index (κ3) is 4.22. The van der Waals surface area contributed by atoms with Crippen molar-refractivity contribution in [3.8, 4) is 5.75 Å². The number of hydrogen-bond donors (Lipinski definition) is 1. The lowest BCUT2D eigenvalue weighted by Gasteiger charge is -2.09. The Morgan fingerprint density at radius 3 is 3.08 bits per heavy atom. The number of halogens is 1. The molecular weight excluding hydrogens is 339 g/mol. The number of fused-ring (bicyclic) bond motifs is 1. The van der Waals surface area contributed by atoms with Crippen LogP contribution in [-0.4, -0.2) is 17.5 Å². The van der Waals surface area contributed by atoms with Crippen LogP contribution in [0.1, 0.15) is 12.5 Å². The molecule has 0 aliphatic carbocycles. The maximum atomic E-state index is 14.4. The number of ether oxygens (including phenoxy) is 1. The summed E-state index contributed by atoms with van der Waals surface area (Å²) in [6, 6.07) is 10.3. The van der Waals surface area contributed by atoms with Gasteiger partial charge in [0.05, 0.1) is 22.1 Å². The summed E-state index contributed by atoms with van der Waals surface area (Å²) in [6.45, 7) is 2.15. The number of nitrogens with zero attached hydrogens (tertiary/aromatic N) is 1. The molecule has 0 aliphatic rings. The number of hydrogen-bond acceptors (Lipinski definition) is 4. The lowest BCUT2D eigenvalue weighted by atomic mass is 10.1. The molecule has 6 heteroatoms. The van der Waals surface area contributed by atoms with Crippen LogP contribution in [0.2, 0.25) is 0 Å². The maximum absolute atomic E-state index is 14.4. The third-order valence-electron chi connectivity index (χ3n) is 3.58. The highest BCUT2D eigenvalue weighted by atomic mass is 32.1. The molecule has 4 nitrogen and oxygen atoms in total. The van der Waals surface area contributed by atoms with Crippen LogP contribution >= 0.6 is 11.3 Å². The van der Waals surface area contributed by atoms with Gasteiger partial charge in [-0.1, -0.05) is 24.3 Å². The quantitative estimate of drug-likeness (QED) is 0.658. The van der Waals surface area contributed by atoms with E-state index < -0.39 is 5.82 Å². The number of carbonyl (C=O) groups is 1. The van der Waals surface area contributed by atoms with Crippen LogP contribution in [0.25, 0.3) is 10.2 Å². The third-order valence-corrected chi connectivity index (χ3v) is 4.37. The van der Waals surface area contributed by atoms with E-state index >= 15 is 0 Å². The molecule has 25 heavy (non-hydrogen) atoms. The van der Waals surface area contributed by atoms with E-state index in [-0.39, 0.29) is 24.7 Å². The largest absolute Gasteiger partial charge is 0.486 e. The Kier molecular flexibility index (Phi) is 5.40. The number of benzene rings is 2. The number of carbonyl (C=O) groups excluding carboxylic acids is 1. The normalized spacial score (nSPS) is 11.1. The van der Waals surface area contributed by atoms with Gasteiger partial charge in [0, 0.05) is 11.3 Å². The molecule has 0 fully saturated rings. The van der Waals surface area contributed by atoms with Crippen LogP contribution in [0, 0.1) is 5.82 Å². The Balaban J connectivity index is 1.68. The summed E-state index contributed by atoms with van der Waals surface area (Å²) in [7, 11) is 0. The summed E-state index contributed by atoms with van der Waals surface area (Å²) in [6.07, 6.45) is 3.55. The summed E-state index contributed by atoms with van der Waals surface area (Å²) in [5.74, 6) is -0.636. The van der Waals surface area contributed by atoms with Crippen molar-refractivity contribution in [3.63, 3.8) is 0 Å². The number of allylic oxidation sites excluding steroid dienone is 1. The van der Waals surface area contributed by atoms with E-state index in [0.717, 1.165) is 10.2 Å². The smallest absolute Gasteiger partial charge is 0.228 e. The first-order valence-electron chi connectivity index (χ1n) is 7.82. The first kappa shape index (κ1) is 17.1. The fraction of sp³-hybridized carbons (Fsp3) is 0.158. The van der Waals surface area contributed by atoms with E-state index in [1.807, 2.05) is 25.1 Å². The Labute approximate surface area is 149 Å². The first-order valence-corrected chi connectivity index (χ1v) is 8.70. The van der Waals surface area contributed by atoms with Crippen LogP contribution < -0.4 is 10.1 Å². The molecule has 0 spiro atoms. The van der Waals surface area contributed by atoms with E-state index in [1.54, 1.807) is 35.9 Å². The van der Waals surface area contributed by atoms with Crippen molar-refractivity contribution in [1.82, 2.24) is 4.98 Å². The number of anilines is 1. The zero-order valence-corrected chi connectivity index (χ0v) is 14.5. The van der Waals surface area contributed by atoms with E-state index in [1.165, 1.54) is 11.3 Å². The second-order valence-corrected chi connectivity index (χ2v) is 6.26. The number of amides is 1. The van der Waals surface area contributed by atoms with E-state index in [0.29, 0.717) is 11.3 Å². The van der Waals surface area contributed by atoms with Crippen molar-refractivity contribution in [3.05, 3.63) is 65.4 Å². The van der Waals surface area contributed by atoms with Crippen LogP contribution in [0.5, 0.6) is 5.75 Å². The summed E-state index contributed by atoms with van der Waals surface area (Å²) in [5, 5.41) is 2.79. The monoisotopic (exact) mass is 356 g/mol. The lowest BCUT2D eigenvalue weighted by Crippen LogP contribution is -2.15. The number of aromatic nitrogens is 1. The average molecular weight is 356 g/mol. The highest BCUT2D eigenvalue weighted by Crippen LogP contribution is 2.23. The van der Waals surface area contributed by atoms with Crippen molar-refractivity contribution >= 4 is 33.1 Å². The molecular formula is C19H17FN2O2S. The van der Waals surface area contributed by atoms with E-state index in [9.17, 15) is 9.18 Å². The molecule has 1 heterocycles. The minimum absolute atomic E-state index is 0.0621. The average Bonchev–Trinajstić information content (AvgIpc) is 3.06. The van der Waals surface area contributed by atoms with Gasteiger partial charge in [-0.05, 0) is 31.2 Å². The van der Waals surface area contributed by atoms with Crippen molar-refractivity contribution in [2.75, 3.05) is 11.9 Å². The Hall–Kier alpha value is -2.73. The van der Waals surface area contributed by atoms with Crippen molar-refractivity contribution in [2.45, 2.75) is 13.3 Å². The minimum atomic E-state index is -0.500. The molecule has 1 amide bonds. The van der Waals surface area contributed by atoms with Crippen molar-refractivity contribution < 1.29 is 13.9 Å². The van der Waals surface area contributed by atoms with Gasteiger partial charge in [0.15, 0.2) is 11.6 Å². The maximum Gasteiger partial charge on any atom is 0.228 e. The molecule has 0 saturated heterocycles. The van der Waals surface area contributed by atoms with Crippen LogP contribution in [0.4, 0.5) is 10.1 Å². The van der Waals surface area contributed by atoms with E-state index in [4.69, 9.17) is 4.74 Å². The molecule has 2 aromatic carbocycles. The summed E-state index contributed by atoms with van der Waals surface area (Å²) in [4.78, 5) is 16.4. The molecule has 0 unspecified atom stereocenters. The number of rotatable bonds is 6. The molecule has 0 saturated carbocycles. The highest BCUT2D eigenvalue weighted by molar-refractivity contribution is 7.16. The van der Waals surface area contributed by atoms with Crippen LogP contribution in [0.3, 0.4) is 0 Å². The fourth-order valence-electron chi connectivity index (χ4n) is 2.35. The highest BCUT2D eigenvalue weighted by Gasteiger charge is 2.13. The Morgan fingerprint density at radius 2 is 2.24 bits per heavy atom. The van der Waals surface area contributed by atoms with E-state index in [2.05, 4.69) is 10.3 Å². The molecule has 0 aliphatic heterocycles. The molecule has 128 valence electrons. The number of nitrogens with one attached hydrogen (secondary N) is 1.